The Hall–Kier alpha value is -0.610. The maximum absolute atomic E-state index is 10.7. The van der Waals surface area contributed by atoms with Gasteiger partial charge in [-0.2, -0.15) is 0 Å². The van der Waals surface area contributed by atoms with Crippen molar-refractivity contribution >= 4 is 5.91 Å². The molecule has 11 heavy (non-hydrogen) atoms. The van der Waals surface area contributed by atoms with Crippen molar-refractivity contribution in [2.24, 2.45) is 17.4 Å². The molecule has 1 amide bonds. The van der Waals surface area contributed by atoms with Crippen LogP contribution in [0.4, 0.5) is 0 Å². The number of primary amides is 1. The fraction of sp³-hybridized carbons (Fsp3) is 0.857. The third kappa shape index (κ3) is 1.91. The van der Waals surface area contributed by atoms with Gasteiger partial charge in [-0.05, 0) is 25.9 Å². The van der Waals surface area contributed by atoms with Crippen LogP contribution in [0.25, 0.3) is 0 Å². The first-order chi connectivity index (χ1) is 5.11. The molecule has 1 fully saturated rings. The zero-order chi connectivity index (χ0) is 8.43. The van der Waals surface area contributed by atoms with Crippen molar-refractivity contribution in [1.82, 2.24) is 4.90 Å². The molecule has 1 heterocycles. The highest BCUT2D eigenvalue weighted by Crippen LogP contribution is 2.16. The zero-order valence-corrected chi connectivity index (χ0v) is 6.79. The highest BCUT2D eigenvalue weighted by Gasteiger charge is 2.28. The van der Waals surface area contributed by atoms with Gasteiger partial charge in [-0.15, -0.1) is 0 Å². The third-order valence-electron chi connectivity index (χ3n) is 2.26. The molecular formula is C7H15N3O. The lowest BCUT2D eigenvalue weighted by molar-refractivity contribution is -0.120. The molecule has 1 aliphatic rings. The maximum atomic E-state index is 10.7. The van der Waals surface area contributed by atoms with Gasteiger partial charge in [-0.3, -0.25) is 4.79 Å². The number of amides is 1. The minimum Gasteiger partial charge on any atom is -0.368 e. The van der Waals surface area contributed by atoms with Gasteiger partial charge in [-0.1, -0.05) is 0 Å². The summed E-state index contributed by atoms with van der Waals surface area (Å²) in [5.41, 5.74) is 10.7. The average molecular weight is 157 g/mol. The molecule has 64 valence electrons. The van der Waals surface area contributed by atoms with Crippen molar-refractivity contribution in [1.29, 1.82) is 0 Å². The first-order valence-electron chi connectivity index (χ1n) is 3.84. The SMILES string of the molecule is CN1CCC(C(N)C(N)=O)C1. The number of nitrogens with zero attached hydrogens (tertiary/aromatic N) is 1. The van der Waals surface area contributed by atoms with Crippen LogP contribution in [-0.4, -0.2) is 37.0 Å². The summed E-state index contributed by atoms with van der Waals surface area (Å²) >= 11 is 0. The van der Waals surface area contributed by atoms with Crippen molar-refractivity contribution in [3.63, 3.8) is 0 Å². The highest BCUT2D eigenvalue weighted by atomic mass is 16.1. The molecule has 4 nitrogen and oxygen atoms in total. The smallest absolute Gasteiger partial charge is 0.234 e. The summed E-state index contributed by atoms with van der Waals surface area (Å²) in [5, 5.41) is 0. The molecule has 0 spiro atoms. The first-order valence-corrected chi connectivity index (χ1v) is 3.84. The van der Waals surface area contributed by atoms with Crippen LogP contribution in [0.3, 0.4) is 0 Å². The van der Waals surface area contributed by atoms with E-state index in [4.69, 9.17) is 11.5 Å². The fourth-order valence-electron chi connectivity index (χ4n) is 1.49. The third-order valence-corrected chi connectivity index (χ3v) is 2.26. The lowest BCUT2D eigenvalue weighted by atomic mass is 10.00. The Kier molecular flexibility index (Phi) is 2.46. The van der Waals surface area contributed by atoms with Crippen LogP contribution >= 0.6 is 0 Å². The average Bonchev–Trinajstić information content (AvgIpc) is 2.34. The lowest BCUT2D eigenvalue weighted by Gasteiger charge is -2.14. The molecule has 0 bridgehead atoms. The normalized spacial score (nSPS) is 28.7. The van der Waals surface area contributed by atoms with Crippen LogP contribution in [0.5, 0.6) is 0 Å². The summed E-state index contributed by atoms with van der Waals surface area (Å²) < 4.78 is 0. The van der Waals surface area contributed by atoms with E-state index in [1.807, 2.05) is 7.05 Å². The second-order valence-corrected chi connectivity index (χ2v) is 3.24. The minimum atomic E-state index is -0.458. The molecule has 0 radical (unpaired) electrons. The monoisotopic (exact) mass is 157 g/mol. The van der Waals surface area contributed by atoms with Crippen molar-refractivity contribution in [2.75, 3.05) is 20.1 Å². The number of carbonyl (C=O) groups excluding carboxylic acids is 1. The van der Waals surface area contributed by atoms with Crippen LogP contribution in [-0.2, 0) is 4.79 Å². The summed E-state index contributed by atoms with van der Waals surface area (Å²) in [7, 11) is 2.02. The van der Waals surface area contributed by atoms with Crippen molar-refractivity contribution in [2.45, 2.75) is 12.5 Å². The van der Waals surface area contributed by atoms with E-state index in [1.165, 1.54) is 0 Å². The van der Waals surface area contributed by atoms with Crippen LogP contribution in [0.1, 0.15) is 6.42 Å². The van der Waals surface area contributed by atoms with E-state index in [-0.39, 0.29) is 11.8 Å². The van der Waals surface area contributed by atoms with E-state index < -0.39 is 6.04 Å². The Bertz CT molecular complexity index is 160. The van der Waals surface area contributed by atoms with Gasteiger partial charge in [0.25, 0.3) is 0 Å². The molecule has 2 atom stereocenters. The summed E-state index contributed by atoms with van der Waals surface area (Å²) in [6.07, 6.45) is 0.987. The Labute approximate surface area is 66.5 Å². The molecule has 0 aromatic carbocycles. The standard InChI is InChI=1S/C7H15N3O/c1-10-3-2-5(4-10)6(8)7(9)11/h5-6H,2-4,8H2,1H3,(H2,9,11). The second kappa shape index (κ2) is 3.19. The topological polar surface area (TPSA) is 72.3 Å². The Morgan fingerprint density at radius 2 is 2.36 bits per heavy atom. The molecule has 1 saturated heterocycles. The van der Waals surface area contributed by atoms with E-state index in [9.17, 15) is 4.79 Å². The van der Waals surface area contributed by atoms with Gasteiger partial charge >= 0.3 is 0 Å². The van der Waals surface area contributed by atoms with Crippen molar-refractivity contribution in [3.05, 3.63) is 0 Å². The van der Waals surface area contributed by atoms with E-state index >= 15 is 0 Å². The van der Waals surface area contributed by atoms with Gasteiger partial charge in [0, 0.05) is 6.54 Å². The highest BCUT2D eigenvalue weighted by molar-refractivity contribution is 5.79. The van der Waals surface area contributed by atoms with Crippen molar-refractivity contribution < 1.29 is 4.79 Å². The predicted molar refractivity (Wildman–Crippen MR) is 42.8 cm³/mol. The molecule has 0 aromatic heterocycles. The second-order valence-electron chi connectivity index (χ2n) is 3.24. The summed E-state index contributed by atoms with van der Waals surface area (Å²) in [5.74, 6) is -0.122. The molecule has 0 aromatic rings. The van der Waals surface area contributed by atoms with Gasteiger partial charge < -0.3 is 16.4 Å². The Balaban J connectivity index is 2.43. The number of rotatable bonds is 2. The van der Waals surface area contributed by atoms with Gasteiger partial charge in [0.2, 0.25) is 5.91 Å². The molecule has 1 rings (SSSR count). The summed E-state index contributed by atoms with van der Waals surface area (Å²) in [4.78, 5) is 12.8. The Morgan fingerprint density at radius 3 is 2.73 bits per heavy atom. The van der Waals surface area contributed by atoms with E-state index in [0.717, 1.165) is 19.5 Å². The van der Waals surface area contributed by atoms with Crippen LogP contribution in [0.2, 0.25) is 0 Å². The number of nitrogens with two attached hydrogens (primary N) is 2. The van der Waals surface area contributed by atoms with Crippen LogP contribution in [0, 0.1) is 5.92 Å². The molecule has 1 aliphatic heterocycles. The largest absolute Gasteiger partial charge is 0.368 e. The molecule has 4 N–H and O–H groups in total. The summed E-state index contributed by atoms with van der Waals surface area (Å²) in [6.45, 7) is 1.91. The first kappa shape index (κ1) is 8.49. The fourth-order valence-corrected chi connectivity index (χ4v) is 1.49. The van der Waals surface area contributed by atoms with Crippen molar-refractivity contribution in [3.8, 4) is 0 Å². The van der Waals surface area contributed by atoms with Crippen LogP contribution in [0.15, 0.2) is 0 Å². The Morgan fingerprint density at radius 1 is 1.73 bits per heavy atom. The molecule has 2 unspecified atom stereocenters. The number of carbonyl (C=O) groups is 1. The quantitative estimate of drug-likeness (QED) is 0.526. The number of hydrogen-bond acceptors (Lipinski definition) is 3. The zero-order valence-electron chi connectivity index (χ0n) is 6.79. The summed E-state index contributed by atoms with van der Waals surface area (Å²) in [6, 6.07) is -0.458. The van der Waals surface area contributed by atoms with E-state index in [0.29, 0.717) is 0 Å². The van der Waals surface area contributed by atoms with Gasteiger partial charge in [0.15, 0.2) is 0 Å². The maximum Gasteiger partial charge on any atom is 0.234 e. The van der Waals surface area contributed by atoms with E-state index in [2.05, 4.69) is 4.90 Å². The van der Waals surface area contributed by atoms with E-state index in [1.54, 1.807) is 0 Å². The number of hydrogen-bond donors (Lipinski definition) is 2. The molecular weight excluding hydrogens is 142 g/mol. The van der Waals surface area contributed by atoms with Gasteiger partial charge in [0.1, 0.15) is 0 Å². The molecule has 4 heteroatoms. The molecule has 0 aliphatic carbocycles. The minimum absolute atomic E-state index is 0.262. The lowest BCUT2D eigenvalue weighted by Crippen LogP contribution is -2.43. The molecule has 0 saturated carbocycles. The van der Waals surface area contributed by atoms with Crippen LogP contribution < -0.4 is 11.5 Å². The van der Waals surface area contributed by atoms with Gasteiger partial charge in [0.05, 0.1) is 6.04 Å². The van der Waals surface area contributed by atoms with Gasteiger partial charge in [-0.25, -0.2) is 0 Å². The number of likely N-dealkylation sites (tertiary alicyclic amines) is 1. The predicted octanol–water partition coefficient (Wildman–Crippen LogP) is -1.25.